The molecule has 0 saturated heterocycles. The van der Waals surface area contributed by atoms with E-state index in [2.05, 4.69) is 37.3 Å². The van der Waals surface area contributed by atoms with Gasteiger partial charge in [0.1, 0.15) is 0 Å². The second kappa shape index (κ2) is 3.85. The van der Waals surface area contributed by atoms with Crippen molar-refractivity contribution in [2.75, 3.05) is 0 Å². The van der Waals surface area contributed by atoms with Crippen molar-refractivity contribution in [3.8, 4) is 11.1 Å². The van der Waals surface area contributed by atoms with Gasteiger partial charge in [0.2, 0.25) is 0 Å². The van der Waals surface area contributed by atoms with E-state index in [4.69, 9.17) is 11.6 Å². The Morgan fingerprint density at radius 3 is 2.57 bits per heavy atom. The first-order valence-corrected chi connectivity index (χ1v) is 4.88. The number of benzene rings is 2. The van der Waals surface area contributed by atoms with Gasteiger partial charge in [-0.15, -0.1) is 0 Å². The van der Waals surface area contributed by atoms with Crippen molar-refractivity contribution in [3.05, 3.63) is 59.1 Å². The lowest BCUT2D eigenvalue weighted by atomic mass is 10.0. The van der Waals surface area contributed by atoms with Crippen LogP contribution in [0.15, 0.2) is 42.5 Å². The average molecular weight is 202 g/mol. The van der Waals surface area contributed by atoms with Crippen molar-refractivity contribution in [3.63, 3.8) is 0 Å². The Hall–Kier alpha value is -1.27. The predicted molar refractivity (Wildman–Crippen MR) is 60.5 cm³/mol. The molecule has 2 rings (SSSR count). The standard InChI is InChI=1S/C13H10Cl/c1-10-3-2-4-12(9-10)11-5-7-13(14)8-6-11/h2-7,9H,1H3. The molecular weight excluding hydrogens is 192 g/mol. The highest BCUT2D eigenvalue weighted by Crippen LogP contribution is 2.21. The first kappa shape index (κ1) is 9.29. The van der Waals surface area contributed by atoms with E-state index in [1.807, 2.05) is 18.2 Å². The summed E-state index contributed by atoms with van der Waals surface area (Å²) in [6.45, 7) is 2.09. The lowest BCUT2D eigenvalue weighted by Gasteiger charge is -2.02. The molecule has 0 spiro atoms. The van der Waals surface area contributed by atoms with Gasteiger partial charge in [-0.1, -0.05) is 47.5 Å². The molecule has 0 bridgehead atoms. The minimum absolute atomic E-state index is 0.654. The fourth-order valence-electron chi connectivity index (χ4n) is 1.41. The van der Waals surface area contributed by atoms with Gasteiger partial charge < -0.3 is 0 Å². The van der Waals surface area contributed by atoms with Crippen LogP contribution in [0.3, 0.4) is 0 Å². The number of rotatable bonds is 1. The molecule has 0 saturated carbocycles. The second-order valence-corrected chi connectivity index (χ2v) is 3.70. The summed E-state index contributed by atoms with van der Waals surface area (Å²) in [7, 11) is 0. The molecule has 1 radical (unpaired) electrons. The summed E-state index contributed by atoms with van der Waals surface area (Å²) in [5.41, 5.74) is 3.62. The molecule has 1 heteroatoms. The van der Waals surface area contributed by atoms with Crippen LogP contribution in [0.4, 0.5) is 0 Å². The third kappa shape index (κ3) is 1.97. The van der Waals surface area contributed by atoms with Crippen LogP contribution in [-0.2, 0) is 0 Å². The van der Waals surface area contributed by atoms with Crippen LogP contribution in [0.5, 0.6) is 0 Å². The number of halogens is 1. The maximum absolute atomic E-state index is 5.77. The van der Waals surface area contributed by atoms with E-state index in [-0.39, 0.29) is 0 Å². The van der Waals surface area contributed by atoms with Crippen LogP contribution in [0.1, 0.15) is 5.56 Å². The monoisotopic (exact) mass is 201 g/mol. The molecule has 0 heterocycles. The topological polar surface area (TPSA) is 0 Å². The summed E-state index contributed by atoms with van der Waals surface area (Å²) >= 11 is 5.77. The molecule has 0 atom stereocenters. The first-order chi connectivity index (χ1) is 6.75. The van der Waals surface area contributed by atoms with Crippen LogP contribution in [0, 0.1) is 13.0 Å². The zero-order chi connectivity index (χ0) is 9.97. The first-order valence-electron chi connectivity index (χ1n) is 4.50. The minimum Gasteiger partial charge on any atom is -0.0837 e. The molecule has 0 nitrogen and oxygen atoms in total. The van der Waals surface area contributed by atoms with E-state index in [0.29, 0.717) is 5.02 Å². The maximum Gasteiger partial charge on any atom is 0.0485 e. The Morgan fingerprint density at radius 1 is 1.07 bits per heavy atom. The van der Waals surface area contributed by atoms with Crippen molar-refractivity contribution < 1.29 is 0 Å². The quantitative estimate of drug-likeness (QED) is 0.651. The Labute approximate surface area is 89.2 Å². The van der Waals surface area contributed by atoms with Crippen molar-refractivity contribution in [1.82, 2.24) is 0 Å². The molecule has 2 aromatic rings. The Kier molecular flexibility index (Phi) is 2.55. The average Bonchev–Trinajstić information content (AvgIpc) is 2.19. The number of hydrogen-bond acceptors (Lipinski definition) is 0. The highest BCUT2D eigenvalue weighted by atomic mass is 35.5. The fourth-order valence-corrected chi connectivity index (χ4v) is 1.53. The summed E-state index contributed by atoms with van der Waals surface area (Å²) < 4.78 is 0. The normalized spacial score (nSPS) is 10.1. The molecule has 0 aromatic heterocycles. The maximum atomic E-state index is 5.77. The molecular formula is C13H10Cl. The zero-order valence-corrected chi connectivity index (χ0v) is 8.68. The van der Waals surface area contributed by atoms with E-state index in [1.165, 1.54) is 11.1 Å². The van der Waals surface area contributed by atoms with E-state index >= 15 is 0 Å². The predicted octanol–water partition coefficient (Wildman–Crippen LogP) is 4.12. The molecule has 0 aliphatic heterocycles. The van der Waals surface area contributed by atoms with Crippen LogP contribution < -0.4 is 0 Å². The van der Waals surface area contributed by atoms with Gasteiger partial charge in [0.25, 0.3) is 0 Å². The van der Waals surface area contributed by atoms with Crippen LogP contribution in [0.25, 0.3) is 11.1 Å². The van der Waals surface area contributed by atoms with E-state index in [9.17, 15) is 0 Å². The summed E-state index contributed by atoms with van der Waals surface area (Å²) in [6, 6.07) is 17.1. The molecule has 0 amide bonds. The number of hydrogen-bond donors (Lipinski definition) is 0. The lowest BCUT2D eigenvalue weighted by Crippen LogP contribution is -1.78. The van der Waals surface area contributed by atoms with Gasteiger partial charge in [-0.3, -0.25) is 0 Å². The third-order valence-electron chi connectivity index (χ3n) is 2.13. The van der Waals surface area contributed by atoms with Crippen LogP contribution >= 0.6 is 11.6 Å². The molecule has 0 unspecified atom stereocenters. The van der Waals surface area contributed by atoms with Crippen molar-refractivity contribution >= 4 is 11.6 Å². The Morgan fingerprint density at radius 2 is 1.93 bits per heavy atom. The lowest BCUT2D eigenvalue weighted by molar-refractivity contribution is 1.47. The summed E-state index contributed by atoms with van der Waals surface area (Å²) in [5.74, 6) is 0. The van der Waals surface area contributed by atoms with E-state index in [1.54, 1.807) is 0 Å². The highest BCUT2D eigenvalue weighted by Gasteiger charge is 1.97. The smallest absolute Gasteiger partial charge is 0.0485 e. The van der Waals surface area contributed by atoms with Gasteiger partial charge >= 0.3 is 0 Å². The summed E-state index contributed by atoms with van der Waals surface area (Å²) in [4.78, 5) is 0. The SMILES string of the molecule is Cc1cccc(-c2c[c]c(Cl)cc2)c1. The van der Waals surface area contributed by atoms with Gasteiger partial charge in [-0.25, -0.2) is 0 Å². The van der Waals surface area contributed by atoms with Gasteiger partial charge in [0.15, 0.2) is 0 Å². The molecule has 0 fully saturated rings. The molecule has 69 valence electrons. The van der Waals surface area contributed by atoms with Crippen molar-refractivity contribution in [2.24, 2.45) is 0 Å². The van der Waals surface area contributed by atoms with Crippen molar-refractivity contribution in [1.29, 1.82) is 0 Å². The van der Waals surface area contributed by atoms with Gasteiger partial charge in [-0.2, -0.15) is 0 Å². The molecule has 0 aliphatic rings. The molecule has 0 N–H and O–H groups in total. The largest absolute Gasteiger partial charge is 0.0837 e. The summed E-state index contributed by atoms with van der Waals surface area (Å²) in [6.07, 6.45) is 0. The Balaban J connectivity index is 2.44. The number of aryl methyl sites for hydroxylation is 1. The second-order valence-electron chi connectivity index (χ2n) is 3.29. The highest BCUT2D eigenvalue weighted by molar-refractivity contribution is 6.30. The van der Waals surface area contributed by atoms with Gasteiger partial charge in [0, 0.05) is 11.1 Å². The Bertz CT molecular complexity index is 429. The summed E-state index contributed by atoms with van der Waals surface area (Å²) in [5, 5.41) is 0.654. The molecule has 14 heavy (non-hydrogen) atoms. The zero-order valence-electron chi connectivity index (χ0n) is 7.92. The third-order valence-corrected chi connectivity index (χ3v) is 2.36. The fraction of sp³-hybridized carbons (Fsp3) is 0.0769. The molecule has 2 aromatic carbocycles. The van der Waals surface area contributed by atoms with Gasteiger partial charge in [0.05, 0.1) is 0 Å². The van der Waals surface area contributed by atoms with E-state index in [0.717, 1.165) is 5.56 Å². The van der Waals surface area contributed by atoms with Crippen LogP contribution in [-0.4, -0.2) is 0 Å². The minimum atomic E-state index is 0.654. The van der Waals surface area contributed by atoms with Gasteiger partial charge in [-0.05, 0) is 30.2 Å². The van der Waals surface area contributed by atoms with Crippen molar-refractivity contribution in [2.45, 2.75) is 6.92 Å². The van der Waals surface area contributed by atoms with Crippen LogP contribution in [0.2, 0.25) is 5.02 Å². The molecule has 0 aliphatic carbocycles. The van der Waals surface area contributed by atoms with E-state index < -0.39 is 0 Å².